The maximum atomic E-state index is 8.66. The third-order valence-corrected chi connectivity index (χ3v) is 4.62. The molecule has 1 heterocycles. The van der Waals surface area contributed by atoms with Crippen molar-refractivity contribution in [3.63, 3.8) is 0 Å². The monoisotopic (exact) mass is 270 g/mol. The van der Waals surface area contributed by atoms with Gasteiger partial charge < -0.3 is 9.84 Å². The third-order valence-electron chi connectivity index (χ3n) is 4.62. The van der Waals surface area contributed by atoms with Crippen molar-refractivity contribution >= 4 is 0 Å². The first-order valence-corrected chi connectivity index (χ1v) is 7.94. The molecule has 19 heavy (non-hydrogen) atoms. The SMILES string of the molecule is C[C@@H]1CCC[C@H](N2CCN(CCOCCO)CC2)C1. The molecular formula is C15H30N2O2. The number of hydrogen-bond acceptors (Lipinski definition) is 4. The summed E-state index contributed by atoms with van der Waals surface area (Å²) in [6, 6.07) is 0.844. The van der Waals surface area contributed by atoms with Crippen LogP contribution in [0.3, 0.4) is 0 Å². The predicted molar refractivity (Wildman–Crippen MR) is 77.3 cm³/mol. The van der Waals surface area contributed by atoms with Crippen LogP contribution in [-0.2, 0) is 4.74 Å². The average molecular weight is 270 g/mol. The standard InChI is InChI=1S/C15H30N2O2/c1-14-3-2-4-15(13-14)17-7-5-16(6-8-17)9-11-19-12-10-18/h14-15,18H,2-13H2,1H3/t14-,15+/m1/s1. The van der Waals surface area contributed by atoms with Gasteiger partial charge in [-0.3, -0.25) is 9.80 Å². The summed E-state index contributed by atoms with van der Waals surface area (Å²) in [6.45, 7) is 9.56. The number of aliphatic hydroxyl groups excluding tert-OH is 1. The molecule has 4 heteroatoms. The summed E-state index contributed by atoms with van der Waals surface area (Å²) < 4.78 is 5.34. The van der Waals surface area contributed by atoms with Crippen molar-refractivity contribution in [3.05, 3.63) is 0 Å². The van der Waals surface area contributed by atoms with E-state index >= 15 is 0 Å². The van der Waals surface area contributed by atoms with Crippen LogP contribution in [0.1, 0.15) is 32.6 Å². The summed E-state index contributed by atoms with van der Waals surface area (Å²) in [5.41, 5.74) is 0. The highest BCUT2D eigenvalue weighted by Gasteiger charge is 2.27. The molecule has 0 aromatic carbocycles. The van der Waals surface area contributed by atoms with Gasteiger partial charge in [-0.15, -0.1) is 0 Å². The van der Waals surface area contributed by atoms with Crippen molar-refractivity contribution in [2.75, 3.05) is 52.5 Å². The van der Waals surface area contributed by atoms with E-state index in [1.165, 1.54) is 51.9 Å². The van der Waals surface area contributed by atoms with E-state index in [4.69, 9.17) is 9.84 Å². The second kappa shape index (κ2) is 8.20. The Labute approximate surface area is 117 Å². The van der Waals surface area contributed by atoms with Crippen LogP contribution in [-0.4, -0.2) is 73.5 Å². The van der Waals surface area contributed by atoms with Crippen LogP contribution >= 0.6 is 0 Å². The van der Waals surface area contributed by atoms with E-state index in [1.54, 1.807) is 0 Å². The number of hydrogen-bond donors (Lipinski definition) is 1. The van der Waals surface area contributed by atoms with Crippen LogP contribution in [0.4, 0.5) is 0 Å². The molecule has 1 aliphatic carbocycles. The molecule has 2 aliphatic rings. The molecule has 0 bridgehead atoms. The van der Waals surface area contributed by atoms with Gasteiger partial charge in [-0.25, -0.2) is 0 Å². The normalized spacial score (nSPS) is 30.6. The molecule has 0 aromatic heterocycles. The molecular weight excluding hydrogens is 240 g/mol. The Morgan fingerprint density at radius 2 is 1.89 bits per heavy atom. The zero-order chi connectivity index (χ0) is 13.5. The number of piperazine rings is 1. The van der Waals surface area contributed by atoms with Gasteiger partial charge in [0.2, 0.25) is 0 Å². The summed E-state index contributed by atoms with van der Waals surface area (Å²) in [4.78, 5) is 5.20. The van der Waals surface area contributed by atoms with E-state index in [1.807, 2.05) is 0 Å². The first-order valence-electron chi connectivity index (χ1n) is 7.94. The summed E-state index contributed by atoms with van der Waals surface area (Å²) in [5, 5.41) is 8.66. The van der Waals surface area contributed by atoms with Crippen molar-refractivity contribution in [1.29, 1.82) is 0 Å². The van der Waals surface area contributed by atoms with Crippen LogP contribution in [0.25, 0.3) is 0 Å². The second-order valence-electron chi connectivity index (χ2n) is 6.14. The fourth-order valence-corrected chi connectivity index (χ4v) is 3.45. The Hall–Kier alpha value is -0.160. The molecule has 1 aliphatic heterocycles. The van der Waals surface area contributed by atoms with E-state index in [9.17, 15) is 0 Å². The Kier molecular flexibility index (Phi) is 6.57. The summed E-state index contributed by atoms with van der Waals surface area (Å²) >= 11 is 0. The second-order valence-corrected chi connectivity index (χ2v) is 6.14. The first-order chi connectivity index (χ1) is 9.29. The van der Waals surface area contributed by atoms with Gasteiger partial charge >= 0.3 is 0 Å². The minimum atomic E-state index is 0.133. The minimum absolute atomic E-state index is 0.133. The number of rotatable bonds is 6. The molecule has 1 saturated carbocycles. The molecule has 0 unspecified atom stereocenters. The van der Waals surface area contributed by atoms with Crippen molar-refractivity contribution < 1.29 is 9.84 Å². The van der Waals surface area contributed by atoms with Gasteiger partial charge in [0, 0.05) is 38.8 Å². The lowest BCUT2D eigenvalue weighted by atomic mass is 9.86. The van der Waals surface area contributed by atoms with E-state index in [-0.39, 0.29) is 6.61 Å². The zero-order valence-electron chi connectivity index (χ0n) is 12.4. The van der Waals surface area contributed by atoms with E-state index in [0.717, 1.165) is 25.1 Å². The third kappa shape index (κ3) is 5.03. The summed E-state index contributed by atoms with van der Waals surface area (Å²) in [6.07, 6.45) is 5.66. The predicted octanol–water partition coefficient (Wildman–Crippen LogP) is 1.19. The maximum absolute atomic E-state index is 8.66. The van der Waals surface area contributed by atoms with E-state index < -0.39 is 0 Å². The number of aliphatic hydroxyl groups is 1. The van der Waals surface area contributed by atoms with Crippen LogP contribution in [0.5, 0.6) is 0 Å². The molecule has 0 radical (unpaired) electrons. The average Bonchev–Trinajstić information content (AvgIpc) is 2.44. The minimum Gasteiger partial charge on any atom is -0.394 e. The fourth-order valence-electron chi connectivity index (χ4n) is 3.45. The smallest absolute Gasteiger partial charge is 0.0698 e. The molecule has 1 N–H and O–H groups in total. The van der Waals surface area contributed by atoms with Gasteiger partial charge in [-0.1, -0.05) is 19.8 Å². The van der Waals surface area contributed by atoms with E-state index in [2.05, 4.69) is 16.7 Å². The Morgan fingerprint density at radius 1 is 1.11 bits per heavy atom. The van der Waals surface area contributed by atoms with Crippen molar-refractivity contribution in [1.82, 2.24) is 9.80 Å². The Bertz CT molecular complexity index is 242. The van der Waals surface area contributed by atoms with Crippen LogP contribution in [0, 0.1) is 5.92 Å². The van der Waals surface area contributed by atoms with Gasteiger partial charge in [0.05, 0.1) is 19.8 Å². The zero-order valence-corrected chi connectivity index (χ0v) is 12.4. The molecule has 2 rings (SSSR count). The topological polar surface area (TPSA) is 35.9 Å². The largest absolute Gasteiger partial charge is 0.394 e. The highest BCUT2D eigenvalue weighted by molar-refractivity contribution is 4.82. The van der Waals surface area contributed by atoms with Gasteiger partial charge in [-0.2, -0.15) is 0 Å². The van der Waals surface area contributed by atoms with E-state index in [0.29, 0.717) is 6.61 Å². The lowest BCUT2D eigenvalue weighted by Crippen LogP contribution is -2.51. The fraction of sp³-hybridized carbons (Fsp3) is 1.00. The lowest BCUT2D eigenvalue weighted by Gasteiger charge is -2.42. The summed E-state index contributed by atoms with van der Waals surface area (Å²) in [7, 11) is 0. The van der Waals surface area contributed by atoms with Crippen molar-refractivity contribution in [2.45, 2.75) is 38.6 Å². The quantitative estimate of drug-likeness (QED) is 0.736. The van der Waals surface area contributed by atoms with Crippen LogP contribution in [0.2, 0.25) is 0 Å². The van der Waals surface area contributed by atoms with Gasteiger partial charge in [0.25, 0.3) is 0 Å². The lowest BCUT2D eigenvalue weighted by molar-refractivity contribution is 0.0392. The van der Waals surface area contributed by atoms with Gasteiger partial charge in [0.15, 0.2) is 0 Å². The Morgan fingerprint density at radius 3 is 2.58 bits per heavy atom. The molecule has 2 atom stereocenters. The molecule has 0 amide bonds. The van der Waals surface area contributed by atoms with Crippen LogP contribution in [0.15, 0.2) is 0 Å². The van der Waals surface area contributed by atoms with Crippen molar-refractivity contribution in [3.8, 4) is 0 Å². The molecule has 4 nitrogen and oxygen atoms in total. The van der Waals surface area contributed by atoms with Gasteiger partial charge in [0.1, 0.15) is 0 Å². The first kappa shape index (κ1) is 15.2. The molecule has 1 saturated heterocycles. The summed E-state index contributed by atoms with van der Waals surface area (Å²) in [5.74, 6) is 0.920. The van der Waals surface area contributed by atoms with Crippen LogP contribution < -0.4 is 0 Å². The maximum Gasteiger partial charge on any atom is 0.0698 e. The molecule has 2 fully saturated rings. The molecule has 112 valence electrons. The number of ether oxygens (including phenoxy) is 1. The van der Waals surface area contributed by atoms with Gasteiger partial charge in [-0.05, 0) is 18.8 Å². The highest BCUT2D eigenvalue weighted by atomic mass is 16.5. The molecule has 0 spiro atoms. The van der Waals surface area contributed by atoms with Crippen molar-refractivity contribution in [2.24, 2.45) is 5.92 Å². The highest BCUT2D eigenvalue weighted by Crippen LogP contribution is 2.27. The molecule has 0 aromatic rings. The number of nitrogens with zero attached hydrogens (tertiary/aromatic N) is 2. The Balaban J connectivity index is 1.62.